The predicted octanol–water partition coefficient (Wildman–Crippen LogP) is 2.41. The molecule has 2 fully saturated rings. The quantitative estimate of drug-likeness (QED) is 0.775. The number of nitrogens with zero attached hydrogens (tertiary/aromatic N) is 1. The van der Waals surface area contributed by atoms with Crippen LogP contribution in [0.3, 0.4) is 0 Å². The molecule has 0 saturated carbocycles. The Hall–Kier alpha value is -0.0800. The van der Waals surface area contributed by atoms with Gasteiger partial charge in [0.05, 0.1) is 0 Å². The molecule has 1 N–H and O–H groups in total. The molecule has 2 heterocycles. The number of fused-ring (bicyclic) bond motifs is 1. The van der Waals surface area contributed by atoms with Gasteiger partial charge in [0.2, 0.25) is 0 Å². The first-order chi connectivity index (χ1) is 7.36. The minimum absolute atomic E-state index is 0.366. The molecule has 0 aromatic rings. The molecular formula is C13H25NO. The lowest BCUT2D eigenvalue weighted by Crippen LogP contribution is -2.53. The van der Waals surface area contributed by atoms with Crippen molar-refractivity contribution in [2.45, 2.75) is 64.0 Å². The second kappa shape index (κ2) is 5.31. The number of piperidine rings is 2. The number of rotatable bonds is 3. The molecule has 0 spiro atoms. The highest BCUT2D eigenvalue weighted by atomic mass is 16.3. The lowest BCUT2D eigenvalue weighted by molar-refractivity contribution is 0.00136. The fourth-order valence-corrected chi connectivity index (χ4v) is 3.64. The number of hydrogen-bond acceptors (Lipinski definition) is 2. The van der Waals surface area contributed by atoms with Crippen LogP contribution in [0.4, 0.5) is 0 Å². The van der Waals surface area contributed by atoms with Gasteiger partial charge in [-0.25, -0.2) is 0 Å². The molecule has 0 unspecified atom stereocenters. The van der Waals surface area contributed by atoms with E-state index in [-0.39, 0.29) is 0 Å². The third kappa shape index (κ3) is 2.36. The zero-order chi connectivity index (χ0) is 10.7. The topological polar surface area (TPSA) is 23.5 Å². The molecule has 0 aromatic carbocycles. The Morgan fingerprint density at radius 1 is 1.20 bits per heavy atom. The van der Waals surface area contributed by atoms with Gasteiger partial charge in [-0.15, -0.1) is 0 Å². The van der Waals surface area contributed by atoms with Gasteiger partial charge in [0.1, 0.15) is 0 Å². The van der Waals surface area contributed by atoms with Crippen LogP contribution in [0.2, 0.25) is 0 Å². The van der Waals surface area contributed by atoms with E-state index in [4.69, 9.17) is 5.11 Å². The molecule has 2 aliphatic heterocycles. The summed E-state index contributed by atoms with van der Waals surface area (Å²) in [5.74, 6) is 0.931. The first-order valence-electron chi connectivity index (χ1n) is 6.73. The third-order valence-corrected chi connectivity index (χ3v) is 4.46. The van der Waals surface area contributed by atoms with Crippen LogP contribution in [0.1, 0.15) is 51.9 Å². The summed E-state index contributed by atoms with van der Waals surface area (Å²) in [6, 6.07) is 1.53. The van der Waals surface area contributed by atoms with Crippen LogP contribution < -0.4 is 0 Å². The zero-order valence-electron chi connectivity index (χ0n) is 9.99. The monoisotopic (exact) mass is 211 g/mol. The van der Waals surface area contributed by atoms with Crippen LogP contribution in [-0.4, -0.2) is 35.2 Å². The largest absolute Gasteiger partial charge is 0.396 e. The van der Waals surface area contributed by atoms with Crippen molar-refractivity contribution in [1.29, 1.82) is 0 Å². The maximum absolute atomic E-state index is 9.11. The van der Waals surface area contributed by atoms with Crippen LogP contribution in [0, 0.1) is 5.92 Å². The first kappa shape index (κ1) is 11.4. The average molecular weight is 211 g/mol. The van der Waals surface area contributed by atoms with E-state index in [1.165, 1.54) is 45.1 Å². The minimum Gasteiger partial charge on any atom is -0.396 e. The van der Waals surface area contributed by atoms with Crippen molar-refractivity contribution in [3.8, 4) is 0 Å². The highest BCUT2D eigenvalue weighted by Crippen LogP contribution is 2.36. The Balaban J connectivity index is 2.01. The highest BCUT2D eigenvalue weighted by Gasteiger charge is 2.36. The summed E-state index contributed by atoms with van der Waals surface area (Å²) in [5, 5.41) is 9.11. The van der Waals surface area contributed by atoms with Gasteiger partial charge in [-0.1, -0.05) is 19.8 Å². The lowest BCUT2D eigenvalue weighted by Gasteiger charge is -2.49. The van der Waals surface area contributed by atoms with Crippen molar-refractivity contribution in [2.75, 3.05) is 13.2 Å². The van der Waals surface area contributed by atoms with Crippen LogP contribution in [0.5, 0.6) is 0 Å². The molecule has 0 aliphatic carbocycles. The van der Waals surface area contributed by atoms with E-state index in [2.05, 4.69) is 11.8 Å². The van der Waals surface area contributed by atoms with E-state index in [1.54, 1.807) is 0 Å². The summed E-state index contributed by atoms with van der Waals surface area (Å²) < 4.78 is 0. The third-order valence-electron chi connectivity index (χ3n) is 4.46. The average Bonchev–Trinajstić information content (AvgIpc) is 2.30. The Morgan fingerprint density at radius 3 is 2.80 bits per heavy atom. The molecule has 15 heavy (non-hydrogen) atoms. The smallest absolute Gasteiger partial charge is 0.0445 e. The Kier molecular flexibility index (Phi) is 4.04. The summed E-state index contributed by atoms with van der Waals surface area (Å²) in [5.41, 5.74) is 0. The molecule has 0 bridgehead atoms. The van der Waals surface area contributed by atoms with Gasteiger partial charge in [-0.3, -0.25) is 4.90 Å². The molecular weight excluding hydrogens is 186 g/mol. The molecule has 0 radical (unpaired) electrons. The summed E-state index contributed by atoms with van der Waals surface area (Å²) in [4.78, 5) is 2.72. The second-order valence-corrected chi connectivity index (χ2v) is 5.21. The molecule has 0 amide bonds. The number of hydrogen-bond donors (Lipinski definition) is 1. The van der Waals surface area contributed by atoms with E-state index >= 15 is 0 Å². The van der Waals surface area contributed by atoms with Crippen LogP contribution >= 0.6 is 0 Å². The van der Waals surface area contributed by atoms with E-state index in [0.717, 1.165) is 18.4 Å². The molecule has 3 atom stereocenters. The highest BCUT2D eigenvalue weighted by molar-refractivity contribution is 4.91. The van der Waals surface area contributed by atoms with Crippen molar-refractivity contribution in [3.05, 3.63) is 0 Å². The van der Waals surface area contributed by atoms with Gasteiger partial charge in [-0.05, 0) is 44.6 Å². The van der Waals surface area contributed by atoms with Crippen molar-refractivity contribution >= 4 is 0 Å². The molecule has 0 aromatic heterocycles. The van der Waals surface area contributed by atoms with Crippen molar-refractivity contribution < 1.29 is 5.11 Å². The van der Waals surface area contributed by atoms with Crippen molar-refractivity contribution in [2.24, 2.45) is 5.92 Å². The molecule has 2 saturated heterocycles. The van der Waals surface area contributed by atoms with E-state index in [1.807, 2.05) is 0 Å². The zero-order valence-corrected chi connectivity index (χ0v) is 9.99. The van der Waals surface area contributed by atoms with Crippen LogP contribution in [0.25, 0.3) is 0 Å². The molecule has 2 heteroatoms. The normalized spacial score (nSPS) is 37.6. The summed E-state index contributed by atoms with van der Waals surface area (Å²) >= 11 is 0. The minimum atomic E-state index is 0.366. The van der Waals surface area contributed by atoms with E-state index in [9.17, 15) is 0 Å². The van der Waals surface area contributed by atoms with Crippen molar-refractivity contribution in [3.63, 3.8) is 0 Å². The van der Waals surface area contributed by atoms with Gasteiger partial charge in [-0.2, -0.15) is 0 Å². The Morgan fingerprint density at radius 2 is 2.07 bits per heavy atom. The van der Waals surface area contributed by atoms with Gasteiger partial charge >= 0.3 is 0 Å². The molecule has 2 aliphatic rings. The predicted molar refractivity (Wildman–Crippen MR) is 62.9 cm³/mol. The summed E-state index contributed by atoms with van der Waals surface area (Å²) in [7, 11) is 0. The van der Waals surface area contributed by atoms with Gasteiger partial charge in [0.25, 0.3) is 0 Å². The maximum Gasteiger partial charge on any atom is 0.0445 e. The summed E-state index contributed by atoms with van der Waals surface area (Å²) in [6.45, 7) is 3.99. The van der Waals surface area contributed by atoms with E-state index < -0.39 is 0 Å². The lowest BCUT2D eigenvalue weighted by atomic mass is 9.79. The fraction of sp³-hybridized carbons (Fsp3) is 1.00. The maximum atomic E-state index is 9.11. The van der Waals surface area contributed by atoms with Crippen LogP contribution in [0.15, 0.2) is 0 Å². The Bertz CT molecular complexity index is 195. The first-order valence-corrected chi connectivity index (χ1v) is 6.73. The molecule has 2 nitrogen and oxygen atoms in total. The van der Waals surface area contributed by atoms with E-state index in [0.29, 0.717) is 12.6 Å². The van der Waals surface area contributed by atoms with Gasteiger partial charge in [0, 0.05) is 18.7 Å². The number of aliphatic hydroxyl groups is 1. The SMILES string of the molecule is CC[C@@H]1CC[C@H](CCO)N2CCCC[C@H]12. The Labute approximate surface area is 93.7 Å². The van der Waals surface area contributed by atoms with Crippen LogP contribution in [-0.2, 0) is 0 Å². The molecule has 88 valence electrons. The van der Waals surface area contributed by atoms with Gasteiger partial charge in [0.15, 0.2) is 0 Å². The number of aliphatic hydroxyl groups excluding tert-OH is 1. The van der Waals surface area contributed by atoms with Gasteiger partial charge < -0.3 is 5.11 Å². The standard InChI is InChI=1S/C13H25NO/c1-2-11-6-7-12(8-10-15)14-9-4-3-5-13(11)14/h11-13,15H,2-10H2,1H3/t11-,12-,13-/m1/s1. The van der Waals surface area contributed by atoms with Crippen molar-refractivity contribution in [1.82, 2.24) is 4.90 Å². The fourth-order valence-electron chi connectivity index (χ4n) is 3.64. The molecule has 2 rings (SSSR count). The second-order valence-electron chi connectivity index (χ2n) is 5.21. The summed E-state index contributed by atoms with van der Waals surface area (Å²) in [6.07, 6.45) is 9.23.